The molecule has 1 aliphatic carbocycles. The van der Waals surface area contributed by atoms with Gasteiger partial charge in [0, 0.05) is 25.1 Å². The van der Waals surface area contributed by atoms with Crippen LogP contribution in [0.4, 0.5) is 0 Å². The Morgan fingerprint density at radius 2 is 1.95 bits per heavy atom. The van der Waals surface area contributed by atoms with Crippen LogP contribution >= 0.6 is 0 Å². The highest BCUT2D eigenvalue weighted by Gasteiger charge is 2.40. The lowest BCUT2D eigenvalue weighted by Crippen LogP contribution is -2.40. The van der Waals surface area contributed by atoms with E-state index in [4.69, 9.17) is 9.47 Å². The molecule has 4 rings (SSSR count). The summed E-state index contributed by atoms with van der Waals surface area (Å²) in [5.41, 5.74) is 1.37. The maximum atomic E-state index is 5.91. The van der Waals surface area contributed by atoms with Crippen molar-refractivity contribution in [2.24, 2.45) is 5.92 Å². The molecule has 20 heavy (non-hydrogen) atoms. The van der Waals surface area contributed by atoms with Crippen LogP contribution in [0.1, 0.15) is 37.2 Å². The van der Waals surface area contributed by atoms with Gasteiger partial charge in [-0.15, -0.1) is 0 Å². The first-order valence-corrected chi connectivity index (χ1v) is 7.98. The van der Waals surface area contributed by atoms with Crippen molar-refractivity contribution < 1.29 is 9.47 Å². The molecule has 1 aromatic carbocycles. The second-order valence-corrected chi connectivity index (χ2v) is 6.35. The largest absolute Gasteiger partial charge is 0.493 e. The van der Waals surface area contributed by atoms with Crippen molar-refractivity contribution in [2.45, 2.75) is 43.7 Å². The van der Waals surface area contributed by atoms with Gasteiger partial charge in [-0.25, -0.2) is 0 Å². The summed E-state index contributed by atoms with van der Waals surface area (Å²) in [5.74, 6) is 2.49. The van der Waals surface area contributed by atoms with Gasteiger partial charge in [0.1, 0.15) is 5.75 Å². The Kier molecular flexibility index (Phi) is 3.41. The van der Waals surface area contributed by atoms with Crippen molar-refractivity contribution in [1.29, 1.82) is 0 Å². The summed E-state index contributed by atoms with van der Waals surface area (Å²) in [6.45, 7) is 2.83. The van der Waals surface area contributed by atoms with E-state index < -0.39 is 0 Å². The van der Waals surface area contributed by atoms with Crippen LogP contribution in [0, 0.1) is 5.92 Å². The lowest BCUT2D eigenvalue weighted by atomic mass is 9.92. The zero-order valence-electron chi connectivity index (χ0n) is 11.9. The first-order valence-electron chi connectivity index (χ1n) is 7.98. The zero-order chi connectivity index (χ0) is 13.4. The third-order valence-corrected chi connectivity index (χ3v) is 4.93. The number of nitrogens with one attached hydrogen (secondary N) is 1. The number of hydrogen-bond donors (Lipinski definition) is 1. The Balaban J connectivity index is 1.40. The van der Waals surface area contributed by atoms with Crippen molar-refractivity contribution in [1.82, 2.24) is 5.32 Å². The molecule has 1 N–H and O–H groups in total. The smallest absolute Gasteiger partial charge is 0.122 e. The standard InChI is InChI=1S/C17H23NO2/c1-2-4-16-14(3-1)13(7-9-19-16)11-18-15-8-10-20-17(15)12-5-6-12/h1-4,12-13,15,17-18H,5-11H2. The van der Waals surface area contributed by atoms with E-state index in [1.54, 1.807) is 0 Å². The van der Waals surface area contributed by atoms with E-state index in [0.717, 1.165) is 37.8 Å². The van der Waals surface area contributed by atoms with Crippen molar-refractivity contribution in [2.75, 3.05) is 19.8 Å². The molecule has 3 nitrogen and oxygen atoms in total. The summed E-state index contributed by atoms with van der Waals surface area (Å²) < 4.78 is 11.7. The van der Waals surface area contributed by atoms with Crippen LogP contribution in [-0.2, 0) is 4.74 Å². The molecule has 3 unspecified atom stereocenters. The molecule has 3 aliphatic rings. The normalized spacial score (nSPS) is 32.7. The highest BCUT2D eigenvalue weighted by atomic mass is 16.5. The molecule has 2 heterocycles. The fraction of sp³-hybridized carbons (Fsp3) is 0.647. The van der Waals surface area contributed by atoms with Gasteiger partial charge in [0.15, 0.2) is 0 Å². The van der Waals surface area contributed by atoms with E-state index in [9.17, 15) is 0 Å². The Hall–Kier alpha value is -1.06. The van der Waals surface area contributed by atoms with Crippen LogP contribution in [0.3, 0.4) is 0 Å². The average Bonchev–Trinajstić information content (AvgIpc) is 3.24. The molecule has 0 amide bonds. The van der Waals surface area contributed by atoms with Crippen LogP contribution in [0.25, 0.3) is 0 Å². The van der Waals surface area contributed by atoms with Crippen LogP contribution in [0.5, 0.6) is 5.75 Å². The molecule has 2 aliphatic heterocycles. The molecular weight excluding hydrogens is 250 g/mol. The second kappa shape index (κ2) is 5.38. The zero-order valence-corrected chi connectivity index (χ0v) is 11.9. The van der Waals surface area contributed by atoms with Crippen LogP contribution < -0.4 is 10.1 Å². The molecule has 108 valence electrons. The lowest BCUT2D eigenvalue weighted by Gasteiger charge is -2.28. The monoisotopic (exact) mass is 273 g/mol. The summed E-state index contributed by atoms with van der Waals surface area (Å²) in [7, 11) is 0. The lowest BCUT2D eigenvalue weighted by molar-refractivity contribution is 0.0806. The minimum Gasteiger partial charge on any atom is -0.493 e. The van der Waals surface area contributed by atoms with E-state index >= 15 is 0 Å². The van der Waals surface area contributed by atoms with Gasteiger partial charge < -0.3 is 14.8 Å². The SMILES string of the molecule is c1ccc2c(c1)OCCC2CNC1CCOC1C1CC1. The van der Waals surface area contributed by atoms with Crippen molar-refractivity contribution in [3.63, 3.8) is 0 Å². The maximum absolute atomic E-state index is 5.91. The minimum absolute atomic E-state index is 0.477. The number of ether oxygens (including phenoxy) is 2. The molecular formula is C17H23NO2. The second-order valence-electron chi connectivity index (χ2n) is 6.35. The van der Waals surface area contributed by atoms with Gasteiger partial charge in [-0.3, -0.25) is 0 Å². The topological polar surface area (TPSA) is 30.5 Å². The number of para-hydroxylation sites is 1. The molecule has 1 saturated heterocycles. The molecule has 1 saturated carbocycles. The van der Waals surface area contributed by atoms with Gasteiger partial charge in [-0.1, -0.05) is 18.2 Å². The van der Waals surface area contributed by atoms with Crippen molar-refractivity contribution >= 4 is 0 Å². The summed E-state index contributed by atoms with van der Waals surface area (Å²) in [5, 5.41) is 3.78. The van der Waals surface area contributed by atoms with Gasteiger partial charge in [0.25, 0.3) is 0 Å². The highest BCUT2D eigenvalue weighted by Crippen LogP contribution is 2.39. The van der Waals surface area contributed by atoms with Crippen LogP contribution in [0.15, 0.2) is 24.3 Å². The van der Waals surface area contributed by atoms with Gasteiger partial charge in [-0.05, 0) is 43.2 Å². The van der Waals surface area contributed by atoms with Gasteiger partial charge >= 0.3 is 0 Å². The number of rotatable bonds is 4. The number of benzene rings is 1. The molecule has 0 radical (unpaired) electrons. The summed E-state index contributed by atoms with van der Waals surface area (Å²) in [4.78, 5) is 0. The Morgan fingerprint density at radius 1 is 1.05 bits per heavy atom. The highest BCUT2D eigenvalue weighted by molar-refractivity contribution is 5.37. The predicted molar refractivity (Wildman–Crippen MR) is 78.2 cm³/mol. The van der Waals surface area contributed by atoms with E-state index in [-0.39, 0.29) is 0 Å². The molecule has 0 spiro atoms. The fourth-order valence-electron chi connectivity index (χ4n) is 3.64. The molecule has 3 heteroatoms. The first kappa shape index (κ1) is 12.7. The van der Waals surface area contributed by atoms with Crippen molar-refractivity contribution in [3.05, 3.63) is 29.8 Å². The fourth-order valence-corrected chi connectivity index (χ4v) is 3.64. The van der Waals surface area contributed by atoms with Crippen LogP contribution in [0.2, 0.25) is 0 Å². The third-order valence-electron chi connectivity index (χ3n) is 4.93. The van der Waals surface area contributed by atoms with Crippen molar-refractivity contribution in [3.8, 4) is 5.75 Å². The molecule has 2 fully saturated rings. The Bertz CT molecular complexity index is 472. The predicted octanol–water partition coefficient (Wildman–Crippen LogP) is 2.71. The molecule has 0 bridgehead atoms. The summed E-state index contributed by atoms with van der Waals surface area (Å²) in [6.07, 6.45) is 5.49. The van der Waals surface area contributed by atoms with E-state index in [0.29, 0.717) is 18.1 Å². The average molecular weight is 273 g/mol. The summed E-state index contributed by atoms with van der Waals surface area (Å²) >= 11 is 0. The number of hydrogen-bond acceptors (Lipinski definition) is 3. The summed E-state index contributed by atoms with van der Waals surface area (Å²) in [6, 6.07) is 9.05. The van der Waals surface area contributed by atoms with Crippen LogP contribution in [-0.4, -0.2) is 31.9 Å². The Labute approximate surface area is 120 Å². The molecule has 3 atom stereocenters. The van der Waals surface area contributed by atoms with E-state index in [1.165, 1.54) is 24.8 Å². The molecule has 0 aromatic heterocycles. The third kappa shape index (κ3) is 2.45. The Morgan fingerprint density at radius 3 is 2.85 bits per heavy atom. The van der Waals surface area contributed by atoms with E-state index in [2.05, 4.69) is 29.6 Å². The van der Waals surface area contributed by atoms with E-state index in [1.807, 2.05) is 0 Å². The molecule has 1 aromatic rings. The minimum atomic E-state index is 0.477. The number of fused-ring (bicyclic) bond motifs is 1. The quantitative estimate of drug-likeness (QED) is 0.915. The van der Waals surface area contributed by atoms with Gasteiger partial charge in [0.05, 0.1) is 12.7 Å². The van der Waals surface area contributed by atoms with Gasteiger partial charge in [-0.2, -0.15) is 0 Å². The maximum Gasteiger partial charge on any atom is 0.122 e. The first-order chi connectivity index (χ1) is 9.92. The van der Waals surface area contributed by atoms with Gasteiger partial charge in [0.2, 0.25) is 0 Å².